The molecule has 0 radical (unpaired) electrons. The molecule has 0 aliphatic heterocycles. The van der Waals surface area contributed by atoms with E-state index in [0.717, 1.165) is 31.9 Å². The molecule has 0 saturated carbocycles. The van der Waals surface area contributed by atoms with Crippen molar-refractivity contribution in [2.45, 2.75) is 33.2 Å². The first-order valence-corrected chi connectivity index (χ1v) is 7.10. The Labute approximate surface area is 117 Å². The predicted octanol–water partition coefficient (Wildman–Crippen LogP) is 2.89. The minimum Gasteiger partial charge on any atom is -0.496 e. The minimum atomic E-state index is 0.471. The molecule has 0 aliphatic carbocycles. The third-order valence-electron chi connectivity index (χ3n) is 3.07. The fourth-order valence-corrected chi connectivity index (χ4v) is 2.06. The van der Waals surface area contributed by atoms with Gasteiger partial charge in [0.2, 0.25) is 0 Å². The highest BCUT2D eigenvalue weighted by Gasteiger charge is 2.13. The van der Waals surface area contributed by atoms with E-state index in [1.54, 1.807) is 7.11 Å². The van der Waals surface area contributed by atoms with Crippen LogP contribution in [-0.4, -0.2) is 32.9 Å². The molecule has 1 rings (SSSR count). The molecular weight excluding hydrogens is 238 g/mol. The molecule has 1 N–H and O–H groups in total. The molecule has 0 fully saturated rings. The van der Waals surface area contributed by atoms with Gasteiger partial charge in [-0.3, -0.25) is 0 Å². The van der Waals surface area contributed by atoms with Crippen LogP contribution in [0.1, 0.15) is 26.3 Å². The highest BCUT2D eigenvalue weighted by Crippen LogP contribution is 2.21. The van der Waals surface area contributed by atoms with Crippen molar-refractivity contribution in [1.29, 1.82) is 0 Å². The molecule has 1 atom stereocenters. The van der Waals surface area contributed by atoms with Gasteiger partial charge in [-0.25, -0.2) is 0 Å². The fourth-order valence-electron chi connectivity index (χ4n) is 2.06. The number of rotatable bonds is 9. The molecule has 108 valence electrons. The van der Waals surface area contributed by atoms with Crippen molar-refractivity contribution in [2.75, 3.05) is 26.9 Å². The average Bonchev–Trinajstić information content (AvgIpc) is 2.42. The van der Waals surface area contributed by atoms with Crippen molar-refractivity contribution in [3.05, 3.63) is 29.8 Å². The summed E-state index contributed by atoms with van der Waals surface area (Å²) in [5.41, 5.74) is 1.25. The molecule has 1 aromatic rings. The standard InChI is InChI=1S/C16H27NO2/c1-5-19-12-14(11-17-13(2)3)10-15-8-6-7-9-16(15)18-4/h6-9,13-14,17H,5,10-12H2,1-4H3. The lowest BCUT2D eigenvalue weighted by Crippen LogP contribution is -2.32. The average molecular weight is 265 g/mol. The smallest absolute Gasteiger partial charge is 0.122 e. The summed E-state index contributed by atoms with van der Waals surface area (Å²) in [5, 5.41) is 3.49. The predicted molar refractivity (Wildman–Crippen MR) is 79.8 cm³/mol. The SMILES string of the molecule is CCOCC(CNC(C)C)Cc1ccccc1OC. The van der Waals surface area contributed by atoms with E-state index in [1.165, 1.54) is 5.56 Å². The van der Waals surface area contributed by atoms with Crippen LogP contribution in [0.25, 0.3) is 0 Å². The molecule has 0 spiro atoms. The van der Waals surface area contributed by atoms with Crippen LogP contribution in [0.3, 0.4) is 0 Å². The minimum absolute atomic E-state index is 0.471. The fraction of sp³-hybridized carbons (Fsp3) is 0.625. The molecular formula is C16H27NO2. The van der Waals surface area contributed by atoms with Crippen molar-refractivity contribution in [2.24, 2.45) is 5.92 Å². The number of hydrogen-bond acceptors (Lipinski definition) is 3. The summed E-state index contributed by atoms with van der Waals surface area (Å²) in [6, 6.07) is 8.72. The number of nitrogens with one attached hydrogen (secondary N) is 1. The van der Waals surface area contributed by atoms with Gasteiger partial charge in [-0.15, -0.1) is 0 Å². The Morgan fingerprint density at radius 2 is 1.95 bits per heavy atom. The van der Waals surface area contributed by atoms with E-state index in [-0.39, 0.29) is 0 Å². The van der Waals surface area contributed by atoms with Gasteiger partial charge in [0.25, 0.3) is 0 Å². The van der Waals surface area contributed by atoms with Crippen molar-refractivity contribution >= 4 is 0 Å². The summed E-state index contributed by atoms with van der Waals surface area (Å²) in [6.45, 7) is 8.89. The molecule has 3 heteroatoms. The summed E-state index contributed by atoms with van der Waals surface area (Å²) < 4.78 is 11.0. The molecule has 1 aromatic carbocycles. The lowest BCUT2D eigenvalue weighted by atomic mass is 9.99. The van der Waals surface area contributed by atoms with Gasteiger partial charge >= 0.3 is 0 Å². The zero-order valence-corrected chi connectivity index (χ0v) is 12.6. The molecule has 0 amide bonds. The third-order valence-corrected chi connectivity index (χ3v) is 3.07. The van der Waals surface area contributed by atoms with Gasteiger partial charge in [-0.2, -0.15) is 0 Å². The van der Waals surface area contributed by atoms with Crippen LogP contribution in [0, 0.1) is 5.92 Å². The van der Waals surface area contributed by atoms with Gasteiger partial charge in [0.05, 0.1) is 13.7 Å². The zero-order chi connectivity index (χ0) is 14.1. The largest absolute Gasteiger partial charge is 0.496 e. The van der Waals surface area contributed by atoms with Crippen LogP contribution in [-0.2, 0) is 11.2 Å². The first-order valence-electron chi connectivity index (χ1n) is 7.10. The Kier molecular flexibility index (Phi) is 7.53. The number of hydrogen-bond donors (Lipinski definition) is 1. The van der Waals surface area contributed by atoms with Crippen molar-refractivity contribution in [3.8, 4) is 5.75 Å². The first-order chi connectivity index (χ1) is 9.17. The van der Waals surface area contributed by atoms with Crippen LogP contribution < -0.4 is 10.1 Å². The van der Waals surface area contributed by atoms with E-state index < -0.39 is 0 Å². The lowest BCUT2D eigenvalue weighted by Gasteiger charge is -2.20. The van der Waals surface area contributed by atoms with Gasteiger partial charge in [-0.05, 0) is 30.9 Å². The maximum absolute atomic E-state index is 5.59. The Bertz CT molecular complexity index is 352. The number of methoxy groups -OCH3 is 1. The quantitative estimate of drug-likeness (QED) is 0.744. The van der Waals surface area contributed by atoms with Crippen LogP contribution in [0.4, 0.5) is 0 Å². The van der Waals surface area contributed by atoms with E-state index in [9.17, 15) is 0 Å². The molecule has 19 heavy (non-hydrogen) atoms. The van der Waals surface area contributed by atoms with E-state index in [0.29, 0.717) is 12.0 Å². The molecule has 0 saturated heterocycles. The Hall–Kier alpha value is -1.06. The number of benzene rings is 1. The summed E-state index contributed by atoms with van der Waals surface area (Å²) in [5.74, 6) is 1.44. The molecule has 0 bridgehead atoms. The maximum atomic E-state index is 5.59. The molecule has 0 aliphatic rings. The highest BCUT2D eigenvalue weighted by molar-refractivity contribution is 5.33. The normalized spacial score (nSPS) is 12.7. The Balaban J connectivity index is 2.63. The van der Waals surface area contributed by atoms with Crippen LogP contribution in [0.15, 0.2) is 24.3 Å². The number of ether oxygens (including phenoxy) is 2. The van der Waals surface area contributed by atoms with Gasteiger partial charge in [0, 0.05) is 19.2 Å². The molecule has 0 heterocycles. The van der Waals surface area contributed by atoms with E-state index in [2.05, 4.69) is 31.3 Å². The molecule has 0 aromatic heterocycles. The third kappa shape index (κ3) is 6.08. The Morgan fingerprint density at radius 3 is 2.58 bits per heavy atom. The van der Waals surface area contributed by atoms with Crippen molar-refractivity contribution < 1.29 is 9.47 Å². The van der Waals surface area contributed by atoms with Crippen LogP contribution in [0.2, 0.25) is 0 Å². The zero-order valence-electron chi connectivity index (χ0n) is 12.6. The summed E-state index contributed by atoms with van der Waals surface area (Å²) in [6.07, 6.45) is 0.976. The number of para-hydroxylation sites is 1. The molecule has 3 nitrogen and oxygen atoms in total. The summed E-state index contributed by atoms with van der Waals surface area (Å²) in [4.78, 5) is 0. The van der Waals surface area contributed by atoms with E-state index >= 15 is 0 Å². The monoisotopic (exact) mass is 265 g/mol. The van der Waals surface area contributed by atoms with E-state index in [4.69, 9.17) is 9.47 Å². The van der Waals surface area contributed by atoms with Crippen LogP contribution in [0.5, 0.6) is 5.75 Å². The topological polar surface area (TPSA) is 30.5 Å². The maximum Gasteiger partial charge on any atom is 0.122 e. The first kappa shape index (κ1) is 16.0. The van der Waals surface area contributed by atoms with Crippen molar-refractivity contribution in [1.82, 2.24) is 5.32 Å². The van der Waals surface area contributed by atoms with Gasteiger partial charge in [0.15, 0.2) is 0 Å². The van der Waals surface area contributed by atoms with E-state index in [1.807, 2.05) is 19.1 Å². The van der Waals surface area contributed by atoms with Gasteiger partial charge < -0.3 is 14.8 Å². The summed E-state index contributed by atoms with van der Waals surface area (Å²) >= 11 is 0. The van der Waals surface area contributed by atoms with Gasteiger partial charge in [0.1, 0.15) is 5.75 Å². The second-order valence-electron chi connectivity index (χ2n) is 5.10. The molecule has 1 unspecified atom stereocenters. The van der Waals surface area contributed by atoms with Crippen LogP contribution >= 0.6 is 0 Å². The second kappa shape index (κ2) is 8.94. The highest BCUT2D eigenvalue weighted by atomic mass is 16.5. The van der Waals surface area contributed by atoms with Crippen molar-refractivity contribution in [3.63, 3.8) is 0 Å². The van der Waals surface area contributed by atoms with Gasteiger partial charge in [-0.1, -0.05) is 32.0 Å². The lowest BCUT2D eigenvalue weighted by molar-refractivity contribution is 0.108. The summed E-state index contributed by atoms with van der Waals surface area (Å²) in [7, 11) is 1.72. The second-order valence-corrected chi connectivity index (χ2v) is 5.10. The Morgan fingerprint density at radius 1 is 1.21 bits per heavy atom.